The number of halogens is 4. The van der Waals surface area contributed by atoms with Crippen LogP contribution in [0.25, 0.3) is 0 Å². The van der Waals surface area contributed by atoms with E-state index in [4.69, 9.17) is 43.6 Å². The molecule has 76 heavy (non-hydrogen) atoms. The Hall–Kier alpha value is -2.92. The maximum atomic E-state index is 11.9. The number of methoxy groups -OCH3 is 4. The lowest BCUT2D eigenvalue weighted by Crippen LogP contribution is -3.00. The van der Waals surface area contributed by atoms with Crippen LogP contribution in [0.15, 0.2) is 0 Å². The van der Waals surface area contributed by atoms with E-state index in [9.17, 15) is 38.4 Å². The van der Waals surface area contributed by atoms with Crippen LogP contribution in [0.4, 0.5) is 0 Å². The van der Waals surface area contributed by atoms with Crippen LogP contribution in [-0.2, 0) is 57.3 Å². The molecule has 0 aromatic heterocycles. The number of esters is 4. The highest BCUT2D eigenvalue weighted by atomic mass is 35.5. The quantitative estimate of drug-likeness (QED) is 0.0261. The lowest BCUT2D eigenvalue weighted by Gasteiger charge is -2.19. The molecule has 0 aliphatic rings. The van der Waals surface area contributed by atoms with Gasteiger partial charge in [-0.25, -0.2) is 19.2 Å². The van der Waals surface area contributed by atoms with Crippen LogP contribution in [-0.4, -0.2) is 146 Å². The molecule has 0 radical (unpaired) electrons. The summed E-state index contributed by atoms with van der Waals surface area (Å²) in [5, 5.41) is 39.3. The van der Waals surface area contributed by atoms with E-state index in [-0.39, 0.29) is 114 Å². The summed E-state index contributed by atoms with van der Waals surface area (Å²) in [5.74, 6) is -2.53. The number of hydrogen-bond acceptors (Lipinski definition) is 16. The van der Waals surface area contributed by atoms with Crippen LogP contribution in [0.2, 0.25) is 0 Å². The van der Waals surface area contributed by atoms with Crippen LogP contribution in [0.1, 0.15) is 188 Å². The van der Waals surface area contributed by atoms with Crippen molar-refractivity contribution in [2.75, 3.05) is 54.9 Å². The van der Waals surface area contributed by atoms with E-state index in [2.05, 4.69) is 68.7 Å². The third-order valence-corrected chi connectivity index (χ3v) is 10.6. The largest absolute Gasteiger partial charge is 1.00 e. The summed E-state index contributed by atoms with van der Waals surface area (Å²) in [5.41, 5.74) is 6.61. The molecule has 0 spiro atoms. The van der Waals surface area contributed by atoms with Crippen molar-refractivity contribution in [3.63, 3.8) is 0 Å². The molecule has 0 rings (SSSR count). The maximum Gasteiger partial charge on any atom is 0.366 e. The molecule has 20 nitrogen and oxygen atoms in total. The highest BCUT2D eigenvalue weighted by Gasteiger charge is 2.26. The van der Waals surface area contributed by atoms with Gasteiger partial charge >= 0.3 is 23.9 Å². The predicted octanol–water partition coefficient (Wildman–Crippen LogP) is -0.281. The van der Waals surface area contributed by atoms with Gasteiger partial charge in [0.15, 0.2) is 12.1 Å². The van der Waals surface area contributed by atoms with Gasteiger partial charge in [0, 0.05) is 23.7 Å². The molecule has 0 bridgehead atoms. The Bertz CT molecular complexity index is 1240. The van der Waals surface area contributed by atoms with Gasteiger partial charge in [0.2, 0.25) is 34.4 Å². The average Bonchev–Trinajstić information content (AvgIpc) is 3.36. The third kappa shape index (κ3) is 58.8. The molecule has 0 aromatic carbocycles. The number of nitrogens with one attached hydrogen (secondary N) is 2. The Balaban J connectivity index is -0.0000000653. The number of aliphatic hydroxyl groups is 4. The molecule has 24 heteroatoms. The fraction of sp³-hybridized carbons (Fsp3) is 0.846. The minimum atomic E-state index is -0.955. The molecule has 0 fully saturated rings. The maximum absolute atomic E-state index is 11.9. The second kappa shape index (κ2) is 72.1. The van der Waals surface area contributed by atoms with Crippen molar-refractivity contribution in [3.8, 4) is 0 Å². The summed E-state index contributed by atoms with van der Waals surface area (Å²) in [6.07, 6.45) is 14.8. The molecule has 0 unspecified atom stereocenters. The molecular formula is C52H112Cl4N4O16. The van der Waals surface area contributed by atoms with Crippen molar-refractivity contribution in [2.45, 2.75) is 212 Å². The zero-order chi connectivity index (χ0) is 55.6. The summed E-state index contributed by atoms with van der Waals surface area (Å²) in [6, 6.07) is -3.19. The number of amides is 2. The summed E-state index contributed by atoms with van der Waals surface area (Å²) in [4.78, 5) is 88.2. The van der Waals surface area contributed by atoms with E-state index in [1.807, 2.05) is 27.7 Å². The van der Waals surface area contributed by atoms with Crippen LogP contribution in [0.5, 0.6) is 0 Å². The van der Waals surface area contributed by atoms with Gasteiger partial charge in [0.05, 0.1) is 41.7 Å². The summed E-state index contributed by atoms with van der Waals surface area (Å²) in [6.45, 7) is 14.9. The van der Waals surface area contributed by atoms with Gasteiger partial charge in [-0.3, -0.25) is 19.2 Å². The van der Waals surface area contributed by atoms with Crippen LogP contribution in [0.3, 0.4) is 0 Å². The van der Waals surface area contributed by atoms with E-state index in [0.717, 1.165) is 103 Å². The van der Waals surface area contributed by atoms with Gasteiger partial charge < -0.3 is 86.3 Å². The molecule has 2 amide bonds. The minimum absolute atomic E-state index is 0. The number of hydrogen-bond donors (Lipinski definition) is 8. The number of ether oxygens (including phenoxy) is 4. The third-order valence-electron chi connectivity index (χ3n) is 9.96. The molecule has 464 valence electrons. The predicted molar refractivity (Wildman–Crippen MR) is 295 cm³/mol. The Labute approximate surface area is 482 Å². The second-order valence-corrected chi connectivity index (χ2v) is 16.8. The van der Waals surface area contributed by atoms with Gasteiger partial charge in [0.1, 0.15) is 13.2 Å². The Morgan fingerprint density at radius 1 is 0.382 bits per heavy atom. The molecule has 4 atom stereocenters. The van der Waals surface area contributed by atoms with Crippen LogP contribution >= 0.6 is 23.2 Å². The zero-order valence-corrected chi connectivity index (χ0v) is 48.4. The zero-order valence-electron chi connectivity index (χ0n) is 45.4. The van der Waals surface area contributed by atoms with Crippen molar-refractivity contribution in [3.05, 3.63) is 0 Å². The molecule has 12 N–H and O–H groups in total. The number of carbonyl (C=O) groups excluding carboxylic acids is 8. The molecule has 0 aliphatic carbocycles. The lowest BCUT2D eigenvalue weighted by atomic mass is 9.97. The normalized spacial score (nSPS) is 10.9. The first-order valence-corrected chi connectivity index (χ1v) is 25.2. The Morgan fingerprint density at radius 3 is 0.684 bits per heavy atom. The van der Waals surface area contributed by atoms with E-state index < -0.39 is 61.3 Å². The Morgan fingerprint density at radius 2 is 0.566 bits per heavy atom. The molecule has 0 saturated carbocycles. The van der Waals surface area contributed by atoms with Crippen LogP contribution < -0.4 is 46.9 Å². The van der Waals surface area contributed by atoms with Crippen LogP contribution in [0, 0.1) is 23.7 Å². The molecule has 0 aromatic rings. The number of aliphatic hydroxyl groups excluding tert-OH is 4. The number of carbonyl (C=O) groups is 8. The van der Waals surface area contributed by atoms with E-state index in [0.29, 0.717) is 0 Å². The Kier molecular flexibility index (Phi) is 96.5. The van der Waals surface area contributed by atoms with Crippen molar-refractivity contribution in [2.24, 2.45) is 23.7 Å². The smallest absolute Gasteiger partial charge is 0.366 e. The summed E-state index contributed by atoms with van der Waals surface area (Å²) < 4.78 is 17.5. The molecule has 0 aliphatic heterocycles. The fourth-order valence-corrected chi connectivity index (χ4v) is 6.48. The topological polar surface area (TPSA) is 334 Å². The number of quaternary nitrogens is 2. The van der Waals surface area contributed by atoms with Crippen molar-refractivity contribution in [1.29, 1.82) is 0 Å². The summed E-state index contributed by atoms with van der Waals surface area (Å²) >= 11 is 10.7. The SMILES string of the molecule is C.C.C.C.CCCC(CCC)C(=O)Cl.CCCC(CCC)C(=O)Cl.CCCC(CCC)C(=O)N[C@@H](CO)C(=O)OC.CCCC(CCC)C(=O)N[C@@H](CO)C(=O)OC.COC(=O)[C@@H]([NH3+])CO.COC(=O)[C@@H]([NH3+])CO.[Cl-].[Cl-]. The first-order chi connectivity index (χ1) is 33.1. The van der Waals surface area contributed by atoms with Crippen molar-refractivity contribution >= 4 is 69.4 Å². The first kappa shape index (κ1) is 102. The average molecular weight is 1190 g/mol. The summed E-state index contributed by atoms with van der Waals surface area (Å²) in [7, 11) is 4.98. The van der Waals surface area contributed by atoms with E-state index >= 15 is 0 Å². The monoisotopic (exact) mass is 1190 g/mol. The molecule has 0 heterocycles. The molecular weight excluding hydrogens is 1080 g/mol. The molecule has 0 saturated heterocycles. The van der Waals surface area contributed by atoms with Gasteiger partial charge in [-0.15, -0.1) is 0 Å². The highest BCUT2D eigenvalue weighted by molar-refractivity contribution is 6.64. The standard InChI is InChI=1S/2C12H23NO4.2C8H15ClO.2C4H9NO3.4CH4.2ClH/c2*1-4-6-9(7-5-2)11(15)13-10(8-14)12(16)17-3;2*1-3-5-7(6-4-2)8(9)10;2*1-8-4(7)3(5)2-6;;;;;;/h2*9-10,14H,4-8H2,1-3H3,(H,13,15);2*7H,3-6H2,1-2H3;2*3,6H,2,5H2,1H3;4*1H4;2*1H/t2*10-;;;2*3-;;;;;;/m00..00....../s1. The van der Waals surface area contributed by atoms with E-state index in [1.165, 1.54) is 28.4 Å². The van der Waals surface area contributed by atoms with Gasteiger partial charge in [-0.05, 0) is 74.6 Å². The number of rotatable bonds is 30. The highest BCUT2D eigenvalue weighted by Crippen LogP contribution is 2.18. The van der Waals surface area contributed by atoms with Crippen molar-refractivity contribution < 1.29 is 114 Å². The first-order valence-electron chi connectivity index (χ1n) is 24.5. The second-order valence-electron chi connectivity index (χ2n) is 16.0. The lowest BCUT2D eigenvalue weighted by molar-refractivity contribution is -0.413. The van der Waals surface area contributed by atoms with Crippen molar-refractivity contribution in [1.82, 2.24) is 10.6 Å². The van der Waals surface area contributed by atoms with Gasteiger partial charge in [-0.2, -0.15) is 0 Å². The van der Waals surface area contributed by atoms with Gasteiger partial charge in [0.25, 0.3) is 0 Å². The van der Waals surface area contributed by atoms with Gasteiger partial charge in [-0.1, -0.05) is 136 Å². The minimum Gasteiger partial charge on any atom is -1.00 e. The fourth-order valence-electron chi connectivity index (χ4n) is 6.05. The van der Waals surface area contributed by atoms with E-state index in [1.54, 1.807) is 0 Å².